The smallest absolute Gasteiger partial charge is 0.232 e. The molecule has 0 aliphatic carbocycles. The maximum atomic E-state index is 5.79. The van der Waals surface area contributed by atoms with Gasteiger partial charge in [0.25, 0.3) is 0 Å². The maximum absolute atomic E-state index is 5.79. The summed E-state index contributed by atoms with van der Waals surface area (Å²) < 4.78 is 5.16. The van der Waals surface area contributed by atoms with Crippen molar-refractivity contribution in [1.29, 1.82) is 0 Å². The molecule has 0 spiro atoms. The highest BCUT2D eigenvalue weighted by atomic mass is 32.2. The molecule has 1 heterocycles. The summed E-state index contributed by atoms with van der Waals surface area (Å²) in [7, 11) is 1.59. The topological polar surface area (TPSA) is 61.0 Å². The lowest BCUT2D eigenvalue weighted by atomic mass is 10.2. The first-order valence-electron chi connectivity index (χ1n) is 4.35. The van der Waals surface area contributed by atoms with Crippen LogP contribution >= 0.6 is 11.8 Å². The van der Waals surface area contributed by atoms with Crippen molar-refractivity contribution in [3.05, 3.63) is 5.82 Å². The van der Waals surface area contributed by atoms with E-state index in [0.29, 0.717) is 11.7 Å². The number of nitrogens with zero attached hydrogens (tertiary/aromatic N) is 2. The largest absolute Gasteiger partial charge is 0.480 e. The van der Waals surface area contributed by atoms with E-state index in [1.165, 1.54) is 11.8 Å². The molecule has 14 heavy (non-hydrogen) atoms. The molecule has 0 bridgehead atoms. The number of anilines is 1. The molecule has 1 aromatic heterocycles. The van der Waals surface area contributed by atoms with Crippen molar-refractivity contribution in [3.8, 4) is 5.88 Å². The Labute approximate surface area is 88.3 Å². The van der Waals surface area contributed by atoms with Gasteiger partial charge in [-0.1, -0.05) is 13.8 Å². The van der Waals surface area contributed by atoms with Crippen molar-refractivity contribution >= 4 is 17.6 Å². The molecule has 0 amide bonds. The van der Waals surface area contributed by atoms with E-state index in [2.05, 4.69) is 9.97 Å². The second kappa shape index (κ2) is 4.50. The molecule has 78 valence electrons. The van der Waals surface area contributed by atoms with Gasteiger partial charge < -0.3 is 10.5 Å². The highest BCUT2D eigenvalue weighted by Crippen LogP contribution is 2.31. The molecule has 0 radical (unpaired) electrons. The lowest BCUT2D eigenvalue weighted by Crippen LogP contribution is -2.05. The molecular weight excluding hydrogens is 198 g/mol. The predicted molar refractivity (Wildman–Crippen MR) is 58.9 cm³/mol. The summed E-state index contributed by atoms with van der Waals surface area (Å²) in [5.74, 6) is 2.03. The van der Waals surface area contributed by atoms with Gasteiger partial charge in [0.1, 0.15) is 16.5 Å². The third kappa shape index (κ3) is 2.09. The molecule has 0 fully saturated rings. The van der Waals surface area contributed by atoms with Gasteiger partial charge in [0.15, 0.2) is 0 Å². The SMILES string of the molecule is COc1nc(C(C)C)nc(N)c1SC. The number of hydrogen-bond donors (Lipinski definition) is 1. The number of aromatic nitrogens is 2. The first kappa shape index (κ1) is 11.1. The number of nitrogen functional groups attached to an aromatic ring is 1. The van der Waals surface area contributed by atoms with Crippen LogP contribution in [0, 0.1) is 0 Å². The standard InChI is InChI=1S/C9H15N3OS/c1-5(2)8-11-7(10)6(14-4)9(12-8)13-3/h5H,1-4H3,(H2,10,11,12). The third-order valence-corrected chi connectivity index (χ3v) is 2.58. The van der Waals surface area contributed by atoms with Gasteiger partial charge in [-0.2, -0.15) is 4.98 Å². The Kier molecular flexibility index (Phi) is 3.57. The molecule has 0 unspecified atom stereocenters. The van der Waals surface area contributed by atoms with E-state index < -0.39 is 0 Å². The van der Waals surface area contributed by atoms with Crippen LogP contribution in [0.3, 0.4) is 0 Å². The van der Waals surface area contributed by atoms with E-state index in [9.17, 15) is 0 Å². The van der Waals surface area contributed by atoms with E-state index >= 15 is 0 Å². The molecule has 0 atom stereocenters. The summed E-state index contributed by atoms with van der Waals surface area (Å²) in [4.78, 5) is 9.31. The van der Waals surface area contributed by atoms with Gasteiger partial charge in [-0.05, 0) is 6.26 Å². The zero-order valence-corrected chi connectivity index (χ0v) is 9.68. The van der Waals surface area contributed by atoms with Gasteiger partial charge in [-0.25, -0.2) is 4.98 Å². The van der Waals surface area contributed by atoms with E-state index in [-0.39, 0.29) is 5.92 Å². The molecule has 0 aromatic carbocycles. The van der Waals surface area contributed by atoms with Crippen LogP contribution in [0.4, 0.5) is 5.82 Å². The maximum Gasteiger partial charge on any atom is 0.232 e. The van der Waals surface area contributed by atoms with Crippen LogP contribution in [-0.2, 0) is 0 Å². The minimum absolute atomic E-state index is 0.252. The summed E-state index contributed by atoms with van der Waals surface area (Å²) in [6, 6.07) is 0. The molecule has 4 nitrogen and oxygen atoms in total. The average molecular weight is 213 g/mol. The van der Waals surface area contributed by atoms with E-state index in [4.69, 9.17) is 10.5 Å². The number of ether oxygens (including phenoxy) is 1. The molecule has 2 N–H and O–H groups in total. The highest BCUT2D eigenvalue weighted by molar-refractivity contribution is 7.98. The lowest BCUT2D eigenvalue weighted by Gasteiger charge is -2.11. The summed E-state index contributed by atoms with van der Waals surface area (Å²) in [6.07, 6.45) is 1.92. The summed E-state index contributed by atoms with van der Waals surface area (Å²) in [6.45, 7) is 4.04. The van der Waals surface area contributed by atoms with E-state index in [1.54, 1.807) is 7.11 Å². The lowest BCUT2D eigenvalue weighted by molar-refractivity contribution is 0.383. The van der Waals surface area contributed by atoms with Crippen LogP contribution < -0.4 is 10.5 Å². The van der Waals surface area contributed by atoms with Crippen molar-refractivity contribution < 1.29 is 4.74 Å². The van der Waals surface area contributed by atoms with Gasteiger partial charge in [-0.3, -0.25) is 0 Å². The monoisotopic (exact) mass is 213 g/mol. The van der Waals surface area contributed by atoms with Crippen molar-refractivity contribution in [2.75, 3.05) is 19.1 Å². The van der Waals surface area contributed by atoms with Crippen LogP contribution in [0.1, 0.15) is 25.6 Å². The summed E-state index contributed by atoms with van der Waals surface area (Å²) in [5, 5.41) is 0. The summed E-state index contributed by atoms with van der Waals surface area (Å²) in [5.41, 5.74) is 5.79. The Morgan fingerprint density at radius 2 is 2.00 bits per heavy atom. The number of methoxy groups -OCH3 is 1. The molecule has 0 aliphatic rings. The first-order chi connectivity index (χ1) is 6.60. The number of nitrogens with two attached hydrogens (primary N) is 1. The molecular formula is C9H15N3OS. The van der Waals surface area contributed by atoms with Crippen LogP contribution in [0.25, 0.3) is 0 Å². The summed E-state index contributed by atoms with van der Waals surface area (Å²) >= 11 is 1.49. The van der Waals surface area contributed by atoms with Gasteiger partial charge in [-0.15, -0.1) is 11.8 Å². The Morgan fingerprint density at radius 3 is 2.43 bits per heavy atom. The zero-order valence-electron chi connectivity index (χ0n) is 8.87. The average Bonchev–Trinajstić information content (AvgIpc) is 2.16. The number of hydrogen-bond acceptors (Lipinski definition) is 5. The number of thioether (sulfide) groups is 1. The van der Waals surface area contributed by atoms with Gasteiger partial charge in [0.2, 0.25) is 5.88 Å². The fourth-order valence-electron chi connectivity index (χ4n) is 1.05. The van der Waals surface area contributed by atoms with Crippen molar-refractivity contribution in [1.82, 2.24) is 9.97 Å². The molecule has 0 saturated carbocycles. The van der Waals surface area contributed by atoms with Crippen LogP contribution in [0.5, 0.6) is 5.88 Å². The highest BCUT2D eigenvalue weighted by Gasteiger charge is 2.13. The second-order valence-electron chi connectivity index (χ2n) is 3.16. The molecule has 0 saturated heterocycles. The zero-order chi connectivity index (χ0) is 10.7. The molecule has 1 aromatic rings. The van der Waals surface area contributed by atoms with Crippen molar-refractivity contribution in [3.63, 3.8) is 0 Å². The molecule has 0 aliphatic heterocycles. The third-order valence-electron chi connectivity index (χ3n) is 1.79. The van der Waals surface area contributed by atoms with Crippen LogP contribution in [0.2, 0.25) is 0 Å². The Morgan fingerprint density at radius 1 is 1.36 bits per heavy atom. The van der Waals surface area contributed by atoms with E-state index in [0.717, 1.165) is 10.7 Å². The van der Waals surface area contributed by atoms with Gasteiger partial charge in [0.05, 0.1) is 7.11 Å². The van der Waals surface area contributed by atoms with Crippen LogP contribution in [0.15, 0.2) is 4.90 Å². The predicted octanol–water partition coefficient (Wildman–Crippen LogP) is 1.91. The Bertz CT molecular complexity index is 328. The fraction of sp³-hybridized carbons (Fsp3) is 0.556. The first-order valence-corrected chi connectivity index (χ1v) is 5.58. The van der Waals surface area contributed by atoms with Crippen molar-refractivity contribution in [2.24, 2.45) is 0 Å². The van der Waals surface area contributed by atoms with E-state index in [1.807, 2.05) is 20.1 Å². The minimum Gasteiger partial charge on any atom is -0.480 e. The minimum atomic E-state index is 0.252. The quantitative estimate of drug-likeness (QED) is 0.777. The van der Waals surface area contributed by atoms with Crippen molar-refractivity contribution in [2.45, 2.75) is 24.7 Å². The Balaban J connectivity index is 3.24. The normalized spacial score (nSPS) is 10.6. The number of rotatable bonds is 3. The second-order valence-corrected chi connectivity index (χ2v) is 3.98. The van der Waals surface area contributed by atoms with Gasteiger partial charge in [0, 0.05) is 5.92 Å². The Hall–Kier alpha value is -0.970. The van der Waals surface area contributed by atoms with Gasteiger partial charge >= 0.3 is 0 Å². The molecule has 5 heteroatoms. The fourth-order valence-corrected chi connectivity index (χ4v) is 1.61. The molecule has 1 rings (SSSR count). The van der Waals surface area contributed by atoms with Crippen LogP contribution in [-0.4, -0.2) is 23.3 Å².